The summed E-state index contributed by atoms with van der Waals surface area (Å²) in [6, 6.07) is 5.89. The zero-order valence-corrected chi connectivity index (χ0v) is 9.36. The number of ether oxygens (including phenoxy) is 1. The van der Waals surface area contributed by atoms with Gasteiger partial charge in [0.25, 0.3) is 0 Å². The maximum atomic E-state index is 10.9. The smallest absolute Gasteiger partial charge is 0.335 e. The molecule has 1 N–H and O–H groups in total. The highest BCUT2D eigenvalue weighted by molar-refractivity contribution is 9.09. The lowest BCUT2D eigenvalue weighted by Crippen LogP contribution is -2.11. The third-order valence-electron chi connectivity index (χ3n) is 1.65. The number of hydrogen-bond donors (Lipinski definition) is 1. The average molecular weight is 273 g/mol. The molecule has 0 bridgehead atoms. The summed E-state index contributed by atoms with van der Waals surface area (Å²) in [6.45, 7) is -0.0162. The second-order valence-electron chi connectivity index (χ2n) is 2.79. The van der Waals surface area contributed by atoms with Crippen molar-refractivity contribution in [3.05, 3.63) is 29.8 Å². The molecule has 4 nitrogen and oxygen atoms in total. The van der Waals surface area contributed by atoms with Gasteiger partial charge in [-0.25, -0.2) is 4.79 Å². The normalized spacial score (nSPS) is 9.67. The van der Waals surface area contributed by atoms with E-state index < -0.39 is 5.97 Å². The molecular formula is C10H9BrO4. The van der Waals surface area contributed by atoms with Crippen LogP contribution in [0.5, 0.6) is 5.75 Å². The molecule has 15 heavy (non-hydrogen) atoms. The Balaban J connectivity index is 2.57. The van der Waals surface area contributed by atoms with Gasteiger partial charge in [-0.15, -0.1) is 0 Å². The molecule has 0 aliphatic carbocycles. The van der Waals surface area contributed by atoms with Crippen LogP contribution in [-0.2, 0) is 4.79 Å². The number of aromatic carboxylic acids is 1. The SMILES string of the molecule is O=C(CBr)COc1ccc(C(=O)O)cc1. The van der Waals surface area contributed by atoms with Gasteiger partial charge in [-0.1, -0.05) is 15.9 Å². The lowest BCUT2D eigenvalue weighted by Gasteiger charge is -2.03. The number of Topliss-reactive ketones (excluding diaryl/α,β-unsaturated/α-hetero) is 1. The van der Waals surface area contributed by atoms with E-state index in [9.17, 15) is 9.59 Å². The number of halogens is 1. The van der Waals surface area contributed by atoms with E-state index in [1.54, 1.807) is 0 Å². The number of carboxylic acids is 1. The number of hydrogen-bond acceptors (Lipinski definition) is 3. The highest BCUT2D eigenvalue weighted by Crippen LogP contribution is 2.12. The van der Waals surface area contributed by atoms with Crippen molar-refractivity contribution < 1.29 is 19.4 Å². The number of alkyl halides is 1. The van der Waals surface area contributed by atoms with Gasteiger partial charge in [0.15, 0.2) is 5.78 Å². The van der Waals surface area contributed by atoms with Crippen molar-refractivity contribution in [1.29, 1.82) is 0 Å². The molecule has 5 heteroatoms. The lowest BCUT2D eigenvalue weighted by atomic mass is 10.2. The molecule has 0 aliphatic rings. The van der Waals surface area contributed by atoms with Gasteiger partial charge in [0.1, 0.15) is 12.4 Å². The first-order valence-electron chi connectivity index (χ1n) is 4.17. The van der Waals surface area contributed by atoms with Crippen molar-refractivity contribution in [2.75, 3.05) is 11.9 Å². The van der Waals surface area contributed by atoms with Crippen molar-refractivity contribution in [3.8, 4) is 5.75 Å². The maximum Gasteiger partial charge on any atom is 0.335 e. The van der Waals surface area contributed by atoms with Gasteiger partial charge >= 0.3 is 5.97 Å². The molecule has 0 saturated carbocycles. The Kier molecular flexibility index (Phi) is 4.30. The Bertz CT molecular complexity index is 358. The van der Waals surface area contributed by atoms with Crippen molar-refractivity contribution in [1.82, 2.24) is 0 Å². The summed E-state index contributed by atoms with van der Waals surface area (Å²) in [6.07, 6.45) is 0. The van der Waals surface area contributed by atoms with Gasteiger partial charge < -0.3 is 9.84 Å². The summed E-state index contributed by atoms with van der Waals surface area (Å²) in [5.41, 5.74) is 0.189. The number of benzene rings is 1. The first-order chi connectivity index (χ1) is 7.13. The fourth-order valence-corrected chi connectivity index (χ4v) is 1.06. The van der Waals surface area contributed by atoms with Gasteiger partial charge in [-0.3, -0.25) is 4.79 Å². The van der Waals surface area contributed by atoms with E-state index in [2.05, 4.69) is 15.9 Å². The standard InChI is InChI=1S/C10H9BrO4/c11-5-8(12)6-15-9-3-1-7(2-4-9)10(13)14/h1-4H,5-6H2,(H,13,14). The van der Waals surface area contributed by atoms with Crippen LogP contribution in [-0.4, -0.2) is 28.8 Å². The number of rotatable bonds is 5. The van der Waals surface area contributed by atoms with E-state index in [4.69, 9.17) is 9.84 Å². The molecule has 0 radical (unpaired) electrons. The van der Waals surface area contributed by atoms with Crippen molar-refractivity contribution >= 4 is 27.7 Å². The summed E-state index contributed by atoms with van der Waals surface area (Å²) in [4.78, 5) is 21.4. The summed E-state index contributed by atoms with van der Waals surface area (Å²) < 4.78 is 5.12. The molecule has 1 rings (SSSR count). The second kappa shape index (κ2) is 5.50. The lowest BCUT2D eigenvalue weighted by molar-refractivity contribution is -0.118. The number of carbonyl (C=O) groups excluding carboxylic acids is 1. The minimum absolute atomic E-state index is 0.0162. The molecule has 0 heterocycles. The predicted octanol–water partition coefficient (Wildman–Crippen LogP) is 1.73. The third-order valence-corrected chi connectivity index (χ3v) is 2.28. The molecule has 1 aromatic carbocycles. The summed E-state index contributed by atoms with van der Waals surface area (Å²) in [5, 5.41) is 8.88. The van der Waals surface area contributed by atoms with Crippen molar-refractivity contribution in [3.63, 3.8) is 0 Å². The minimum Gasteiger partial charge on any atom is -0.486 e. The summed E-state index contributed by atoms with van der Waals surface area (Å²) in [7, 11) is 0. The van der Waals surface area contributed by atoms with Gasteiger partial charge in [0.2, 0.25) is 0 Å². The Morgan fingerprint density at radius 3 is 2.33 bits per heavy atom. The number of carbonyl (C=O) groups is 2. The van der Waals surface area contributed by atoms with E-state index in [0.29, 0.717) is 5.75 Å². The third kappa shape index (κ3) is 3.71. The van der Waals surface area contributed by atoms with Crippen molar-refractivity contribution in [2.45, 2.75) is 0 Å². The summed E-state index contributed by atoms with van der Waals surface area (Å²) >= 11 is 3.01. The second-order valence-corrected chi connectivity index (χ2v) is 3.35. The molecular weight excluding hydrogens is 264 g/mol. The maximum absolute atomic E-state index is 10.9. The van der Waals surface area contributed by atoms with Crippen LogP contribution in [0.4, 0.5) is 0 Å². The Morgan fingerprint density at radius 1 is 1.27 bits per heavy atom. The first-order valence-corrected chi connectivity index (χ1v) is 5.29. The van der Waals surface area contributed by atoms with Crippen LogP contribution < -0.4 is 4.74 Å². The highest BCUT2D eigenvalue weighted by Gasteiger charge is 2.03. The van der Waals surface area contributed by atoms with Crippen LogP contribution in [0.1, 0.15) is 10.4 Å². The van der Waals surface area contributed by atoms with E-state index in [0.717, 1.165) is 0 Å². The fourth-order valence-electron chi connectivity index (χ4n) is 0.896. The predicted molar refractivity (Wildman–Crippen MR) is 57.7 cm³/mol. The summed E-state index contributed by atoms with van der Waals surface area (Å²) in [5.74, 6) is -0.579. The average Bonchev–Trinajstić information content (AvgIpc) is 2.26. The molecule has 0 unspecified atom stereocenters. The monoisotopic (exact) mass is 272 g/mol. The Hall–Kier alpha value is -1.36. The Morgan fingerprint density at radius 2 is 1.87 bits per heavy atom. The van der Waals surface area contributed by atoms with Gasteiger partial charge in [-0.2, -0.15) is 0 Å². The van der Waals surface area contributed by atoms with Crippen LogP contribution >= 0.6 is 15.9 Å². The van der Waals surface area contributed by atoms with E-state index in [1.807, 2.05) is 0 Å². The Labute approximate surface area is 95.0 Å². The van der Waals surface area contributed by atoms with Gasteiger partial charge in [0, 0.05) is 0 Å². The molecule has 0 fully saturated rings. The fraction of sp³-hybridized carbons (Fsp3) is 0.200. The van der Waals surface area contributed by atoms with Crippen LogP contribution in [0.25, 0.3) is 0 Å². The molecule has 0 aromatic heterocycles. The van der Waals surface area contributed by atoms with Gasteiger partial charge in [0.05, 0.1) is 10.9 Å². The molecule has 0 spiro atoms. The van der Waals surface area contributed by atoms with E-state index >= 15 is 0 Å². The van der Waals surface area contributed by atoms with Crippen LogP contribution in [0, 0.1) is 0 Å². The molecule has 0 atom stereocenters. The quantitative estimate of drug-likeness (QED) is 0.830. The molecule has 0 amide bonds. The zero-order chi connectivity index (χ0) is 11.3. The molecule has 1 aromatic rings. The van der Waals surface area contributed by atoms with E-state index in [1.165, 1.54) is 24.3 Å². The molecule has 80 valence electrons. The highest BCUT2D eigenvalue weighted by atomic mass is 79.9. The number of ketones is 1. The van der Waals surface area contributed by atoms with Crippen molar-refractivity contribution in [2.24, 2.45) is 0 Å². The van der Waals surface area contributed by atoms with Crippen LogP contribution in [0.2, 0.25) is 0 Å². The minimum atomic E-state index is -0.988. The largest absolute Gasteiger partial charge is 0.486 e. The first kappa shape index (κ1) is 11.7. The van der Waals surface area contributed by atoms with Gasteiger partial charge in [-0.05, 0) is 24.3 Å². The van der Waals surface area contributed by atoms with E-state index in [-0.39, 0.29) is 23.3 Å². The zero-order valence-electron chi connectivity index (χ0n) is 7.77. The topological polar surface area (TPSA) is 63.6 Å². The number of carboxylic acid groups (broad SMARTS) is 1. The van der Waals surface area contributed by atoms with Crippen LogP contribution in [0.3, 0.4) is 0 Å². The van der Waals surface area contributed by atoms with Crippen LogP contribution in [0.15, 0.2) is 24.3 Å². The molecule has 0 saturated heterocycles. The molecule has 0 aliphatic heterocycles.